The molecule has 0 saturated heterocycles. The summed E-state index contributed by atoms with van der Waals surface area (Å²) in [5.41, 5.74) is 1.19. The third-order valence-electron chi connectivity index (χ3n) is 2.46. The van der Waals surface area contributed by atoms with E-state index in [1.165, 1.54) is 18.3 Å². The summed E-state index contributed by atoms with van der Waals surface area (Å²) in [6, 6.07) is 7.56. The summed E-state index contributed by atoms with van der Waals surface area (Å²) in [5.74, 6) is 0.198. The lowest BCUT2D eigenvalue weighted by Crippen LogP contribution is -2.19. The first-order chi connectivity index (χ1) is 9.36. The summed E-state index contributed by atoms with van der Waals surface area (Å²) in [4.78, 5) is 0. The molecule has 0 aliphatic carbocycles. The van der Waals surface area contributed by atoms with Crippen LogP contribution in [-0.2, 0) is 11.0 Å². The molecule has 0 saturated carbocycles. The van der Waals surface area contributed by atoms with E-state index in [9.17, 15) is 8.60 Å². The van der Waals surface area contributed by atoms with Gasteiger partial charge in [-0.1, -0.05) is 5.16 Å². The van der Waals surface area contributed by atoms with Gasteiger partial charge >= 0.3 is 0 Å². The van der Waals surface area contributed by atoms with E-state index >= 15 is 0 Å². The minimum atomic E-state index is -1.34. The zero-order valence-corrected chi connectivity index (χ0v) is 12.3. The molecule has 0 fully saturated rings. The first kappa shape index (κ1) is 14.6. The van der Waals surface area contributed by atoms with Gasteiger partial charge in [-0.3, -0.25) is 0 Å². The van der Waals surface area contributed by atoms with Crippen LogP contribution in [0, 0.1) is 5.82 Å². The highest BCUT2D eigenvalue weighted by Gasteiger charge is 2.18. The molecule has 2 rings (SSSR count). The number of rotatable bonds is 3. The Balaban J connectivity index is 2.15. The summed E-state index contributed by atoms with van der Waals surface area (Å²) in [6.07, 6.45) is 1.41. The molecule has 2 aromatic rings. The zero-order chi connectivity index (χ0) is 14.8. The fraction of sp³-hybridized carbons (Fsp3) is 0.286. The molecular formula is C14H15FN2O2S. The maximum Gasteiger partial charge on any atom is 0.167 e. The van der Waals surface area contributed by atoms with Gasteiger partial charge in [-0.15, -0.1) is 0 Å². The second kappa shape index (κ2) is 5.66. The van der Waals surface area contributed by atoms with Gasteiger partial charge in [-0.25, -0.2) is 8.60 Å². The molecule has 0 bridgehead atoms. The molecule has 0 amide bonds. The Bertz CT molecular complexity index is 642. The van der Waals surface area contributed by atoms with E-state index in [2.05, 4.69) is 9.55 Å². The largest absolute Gasteiger partial charge is 0.356 e. The van der Waals surface area contributed by atoms with E-state index in [1.807, 2.05) is 20.8 Å². The highest BCUT2D eigenvalue weighted by atomic mass is 32.2. The first-order valence-electron chi connectivity index (χ1n) is 6.05. The van der Waals surface area contributed by atoms with Crippen LogP contribution < -0.4 is 0 Å². The zero-order valence-electron chi connectivity index (χ0n) is 11.5. The molecule has 0 aliphatic rings. The molecular weight excluding hydrogens is 279 g/mol. The Morgan fingerprint density at radius 1 is 1.30 bits per heavy atom. The van der Waals surface area contributed by atoms with Crippen molar-refractivity contribution in [2.75, 3.05) is 0 Å². The standard InChI is InChI=1S/C14H15FN2O2S/c1-14(2,3)20(18)16-9-12-8-13(19-17-12)10-4-6-11(15)7-5-10/h4-9H,1-3H3/t20-/m1/s1. The lowest BCUT2D eigenvalue weighted by molar-refractivity contribution is 0.431. The van der Waals surface area contributed by atoms with E-state index in [0.29, 0.717) is 11.5 Å². The molecule has 0 unspecified atom stereocenters. The minimum absolute atomic E-state index is 0.310. The Morgan fingerprint density at radius 2 is 1.95 bits per heavy atom. The maximum atomic E-state index is 12.8. The Labute approximate surface area is 119 Å². The van der Waals surface area contributed by atoms with Crippen LogP contribution in [0.25, 0.3) is 11.3 Å². The number of benzene rings is 1. The SMILES string of the molecule is CC(C)(C)[S@@](=O)N=Cc1cc(-c2ccc(F)cc2)on1. The Hall–Kier alpha value is -1.82. The molecule has 1 aromatic carbocycles. The third kappa shape index (κ3) is 3.60. The quantitative estimate of drug-likeness (QED) is 0.816. The van der Waals surface area contributed by atoms with Crippen molar-refractivity contribution < 1.29 is 13.1 Å². The summed E-state index contributed by atoms with van der Waals surface area (Å²) in [5, 5.41) is 3.82. The number of halogens is 1. The maximum absolute atomic E-state index is 12.8. The van der Waals surface area contributed by atoms with Crippen molar-refractivity contribution in [1.82, 2.24) is 5.16 Å². The molecule has 4 nitrogen and oxygen atoms in total. The summed E-state index contributed by atoms with van der Waals surface area (Å²) >= 11 is 0. The number of aromatic nitrogens is 1. The third-order valence-corrected chi connectivity index (χ3v) is 3.81. The average Bonchev–Trinajstić information content (AvgIpc) is 2.84. The number of hydrogen-bond donors (Lipinski definition) is 0. The number of hydrogen-bond acceptors (Lipinski definition) is 3. The molecule has 1 aromatic heterocycles. The van der Waals surface area contributed by atoms with Crippen molar-refractivity contribution in [1.29, 1.82) is 0 Å². The van der Waals surface area contributed by atoms with Gasteiger partial charge in [-0.2, -0.15) is 4.40 Å². The van der Waals surface area contributed by atoms with Gasteiger partial charge in [0.1, 0.15) is 22.5 Å². The van der Waals surface area contributed by atoms with Crippen molar-refractivity contribution in [3.8, 4) is 11.3 Å². The predicted molar refractivity (Wildman–Crippen MR) is 77.4 cm³/mol. The molecule has 6 heteroatoms. The first-order valence-corrected chi connectivity index (χ1v) is 7.15. The normalized spacial score (nSPS) is 13.8. The summed E-state index contributed by atoms with van der Waals surface area (Å²) in [6.45, 7) is 5.52. The summed E-state index contributed by atoms with van der Waals surface area (Å²) in [7, 11) is -1.34. The van der Waals surface area contributed by atoms with Crippen molar-refractivity contribution in [3.05, 3.63) is 41.8 Å². The van der Waals surface area contributed by atoms with Crippen molar-refractivity contribution in [2.45, 2.75) is 25.5 Å². The van der Waals surface area contributed by atoms with Gasteiger partial charge in [0, 0.05) is 11.6 Å². The number of nitrogens with zero attached hydrogens (tertiary/aromatic N) is 2. The van der Waals surface area contributed by atoms with Crippen molar-refractivity contribution in [2.24, 2.45) is 4.40 Å². The molecule has 0 N–H and O–H groups in total. The van der Waals surface area contributed by atoms with Gasteiger partial charge in [0.15, 0.2) is 5.76 Å². The topological polar surface area (TPSA) is 55.5 Å². The van der Waals surface area contributed by atoms with Gasteiger partial charge in [0.25, 0.3) is 0 Å². The van der Waals surface area contributed by atoms with E-state index in [0.717, 1.165) is 5.56 Å². The second-order valence-electron chi connectivity index (χ2n) is 5.22. The molecule has 0 radical (unpaired) electrons. The molecule has 1 heterocycles. The van der Waals surface area contributed by atoms with E-state index in [1.54, 1.807) is 18.2 Å². The van der Waals surface area contributed by atoms with Gasteiger partial charge in [-0.05, 0) is 45.0 Å². The smallest absolute Gasteiger partial charge is 0.167 e. The van der Waals surface area contributed by atoms with Crippen LogP contribution in [0.1, 0.15) is 26.5 Å². The monoisotopic (exact) mass is 294 g/mol. The van der Waals surface area contributed by atoms with E-state index in [4.69, 9.17) is 4.52 Å². The highest BCUT2D eigenvalue weighted by Crippen LogP contribution is 2.20. The molecule has 1 atom stereocenters. The summed E-state index contributed by atoms with van der Waals surface area (Å²) < 4.78 is 33.3. The fourth-order valence-electron chi connectivity index (χ4n) is 1.36. The Kier molecular flexibility index (Phi) is 4.13. The fourth-order valence-corrected chi connectivity index (χ4v) is 1.88. The van der Waals surface area contributed by atoms with E-state index in [-0.39, 0.29) is 5.82 Å². The van der Waals surface area contributed by atoms with Crippen molar-refractivity contribution >= 4 is 17.2 Å². The Morgan fingerprint density at radius 3 is 2.55 bits per heavy atom. The minimum Gasteiger partial charge on any atom is -0.356 e. The predicted octanol–water partition coefficient (Wildman–Crippen LogP) is 3.36. The average molecular weight is 294 g/mol. The molecule has 0 aliphatic heterocycles. The van der Waals surface area contributed by atoms with Crippen LogP contribution in [0.4, 0.5) is 4.39 Å². The van der Waals surface area contributed by atoms with Gasteiger partial charge in [0.05, 0.1) is 11.0 Å². The van der Waals surface area contributed by atoms with Crippen LogP contribution in [0.15, 0.2) is 39.3 Å². The molecule has 0 spiro atoms. The van der Waals surface area contributed by atoms with Crippen molar-refractivity contribution in [3.63, 3.8) is 0 Å². The van der Waals surface area contributed by atoms with Gasteiger partial charge < -0.3 is 4.52 Å². The highest BCUT2D eigenvalue weighted by molar-refractivity contribution is 7.85. The second-order valence-corrected chi connectivity index (χ2v) is 7.15. The van der Waals surface area contributed by atoms with Crippen LogP contribution in [0.3, 0.4) is 0 Å². The lowest BCUT2D eigenvalue weighted by Gasteiger charge is -2.12. The lowest BCUT2D eigenvalue weighted by atomic mass is 10.1. The van der Waals surface area contributed by atoms with Gasteiger partial charge in [0.2, 0.25) is 0 Å². The van der Waals surface area contributed by atoms with Crippen LogP contribution in [0.5, 0.6) is 0 Å². The van der Waals surface area contributed by atoms with Crippen LogP contribution in [-0.4, -0.2) is 20.3 Å². The van der Waals surface area contributed by atoms with Crippen LogP contribution in [0.2, 0.25) is 0 Å². The van der Waals surface area contributed by atoms with E-state index < -0.39 is 15.7 Å². The van der Waals surface area contributed by atoms with Crippen LogP contribution >= 0.6 is 0 Å². The molecule has 106 valence electrons. The molecule has 20 heavy (non-hydrogen) atoms.